The van der Waals surface area contributed by atoms with Crippen LogP contribution in [-0.2, 0) is 13.0 Å². The molecule has 3 nitrogen and oxygen atoms in total. The molecule has 0 saturated carbocycles. The van der Waals surface area contributed by atoms with Gasteiger partial charge in [-0.1, -0.05) is 41.9 Å². The molecule has 0 bridgehead atoms. The number of fused-ring (bicyclic) bond motifs is 1. The maximum Gasteiger partial charge on any atom is 0.160 e. The number of imidazole rings is 1. The Morgan fingerprint density at radius 3 is 2.70 bits per heavy atom. The van der Waals surface area contributed by atoms with Crippen molar-refractivity contribution in [3.63, 3.8) is 0 Å². The zero-order valence-corrected chi connectivity index (χ0v) is 12.3. The predicted octanol–water partition coefficient (Wildman–Crippen LogP) is 3.91. The summed E-state index contributed by atoms with van der Waals surface area (Å²) < 4.78 is 2.10. The molecule has 102 valence electrons. The monoisotopic (exact) mass is 305 g/mol. The van der Waals surface area contributed by atoms with Crippen molar-refractivity contribution in [2.24, 2.45) is 0 Å². The topological polar surface area (TPSA) is 30.7 Å². The molecule has 3 rings (SSSR count). The first-order chi connectivity index (χ1) is 9.78. The van der Waals surface area contributed by atoms with Crippen LogP contribution in [0.3, 0.4) is 0 Å². The molecule has 20 heavy (non-hydrogen) atoms. The lowest BCUT2D eigenvalue weighted by molar-refractivity contribution is 0.748. The van der Waals surface area contributed by atoms with E-state index in [-0.39, 0.29) is 0 Å². The summed E-state index contributed by atoms with van der Waals surface area (Å²) in [5, 5.41) is 0.597. The van der Waals surface area contributed by atoms with E-state index in [1.807, 2.05) is 24.3 Å². The first kappa shape index (κ1) is 13.4. The van der Waals surface area contributed by atoms with Gasteiger partial charge in [0.1, 0.15) is 11.3 Å². The number of pyridine rings is 1. The Morgan fingerprint density at radius 2 is 1.95 bits per heavy atom. The lowest BCUT2D eigenvalue weighted by atomic mass is 10.2. The van der Waals surface area contributed by atoms with Crippen molar-refractivity contribution in [3.05, 3.63) is 59.0 Å². The van der Waals surface area contributed by atoms with E-state index in [9.17, 15) is 0 Å². The van der Waals surface area contributed by atoms with Crippen LogP contribution < -0.4 is 0 Å². The summed E-state index contributed by atoms with van der Waals surface area (Å²) in [7, 11) is 0. The highest BCUT2D eigenvalue weighted by Gasteiger charge is 2.12. The third kappa shape index (κ3) is 2.65. The van der Waals surface area contributed by atoms with Gasteiger partial charge in [-0.05, 0) is 11.6 Å². The smallest absolute Gasteiger partial charge is 0.160 e. The van der Waals surface area contributed by atoms with Crippen molar-refractivity contribution in [2.45, 2.75) is 13.0 Å². The highest BCUT2D eigenvalue weighted by atomic mass is 35.5. The number of hydrogen-bond donors (Lipinski definition) is 0. The van der Waals surface area contributed by atoms with E-state index in [1.165, 1.54) is 5.56 Å². The third-order valence-corrected chi connectivity index (χ3v) is 3.53. The Hall–Kier alpha value is -1.58. The molecule has 0 N–H and O–H groups in total. The Morgan fingerprint density at radius 1 is 1.15 bits per heavy atom. The van der Waals surface area contributed by atoms with Crippen LogP contribution >= 0.6 is 23.2 Å². The van der Waals surface area contributed by atoms with E-state index < -0.39 is 0 Å². The van der Waals surface area contributed by atoms with Gasteiger partial charge in [0.2, 0.25) is 0 Å². The van der Waals surface area contributed by atoms with Crippen LogP contribution in [0.15, 0.2) is 42.6 Å². The summed E-state index contributed by atoms with van der Waals surface area (Å²) in [5.74, 6) is 1.47. The molecule has 0 radical (unpaired) electrons. The standard InChI is InChI=1S/C15H13Cl2N3/c16-7-6-14-19-13-8-12(17)9-18-15(13)20(14)10-11-4-2-1-3-5-11/h1-5,8-9H,6-7,10H2. The van der Waals surface area contributed by atoms with E-state index in [0.717, 1.165) is 23.5 Å². The van der Waals surface area contributed by atoms with Crippen LogP contribution in [0.4, 0.5) is 0 Å². The fourth-order valence-electron chi connectivity index (χ4n) is 2.24. The summed E-state index contributed by atoms with van der Waals surface area (Å²) in [6.07, 6.45) is 2.36. The van der Waals surface area contributed by atoms with Crippen molar-refractivity contribution in [1.29, 1.82) is 0 Å². The summed E-state index contributed by atoms with van der Waals surface area (Å²) in [5.41, 5.74) is 2.87. The van der Waals surface area contributed by atoms with Gasteiger partial charge in [-0.15, -0.1) is 11.6 Å². The minimum absolute atomic E-state index is 0.534. The maximum absolute atomic E-state index is 5.98. The molecule has 2 aromatic heterocycles. The SMILES string of the molecule is ClCCc1nc2cc(Cl)cnc2n1Cc1ccccc1. The molecular formula is C15H13Cl2N3. The van der Waals surface area contributed by atoms with Crippen LogP contribution in [0.2, 0.25) is 5.02 Å². The fraction of sp³-hybridized carbons (Fsp3) is 0.200. The number of alkyl halides is 1. The van der Waals surface area contributed by atoms with Crippen molar-refractivity contribution in [3.8, 4) is 0 Å². The minimum Gasteiger partial charge on any atom is -0.308 e. The zero-order chi connectivity index (χ0) is 13.9. The normalized spacial score (nSPS) is 11.1. The first-order valence-corrected chi connectivity index (χ1v) is 7.30. The van der Waals surface area contributed by atoms with Crippen LogP contribution in [-0.4, -0.2) is 20.4 Å². The third-order valence-electron chi connectivity index (χ3n) is 3.13. The molecule has 5 heteroatoms. The highest BCUT2D eigenvalue weighted by Crippen LogP contribution is 2.20. The number of aryl methyl sites for hydroxylation is 1. The molecule has 0 aliphatic carbocycles. The van der Waals surface area contributed by atoms with Gasteiger partial charge in [0.25, 0.3) is 0 Å². The van der Waals surface area contributed by atoms with Crippen molar-refractivity contribution >= 4 is 34.4 Å². The van der Waals surface area contributed by atoms with Crippen LogP contribution in [0.5, 0.6) is 0 Å². The Balaban J connectivity index is 2.09. The second kappa shape index (κ2) is 5.81. The minimum atomic E-state index is 0.534. The average Bonchev–Trinajstić information content (AvgIpc) is 2.77. The number of aromatic nitrogens is 3. The first-order valence-electron chi connectivity index (χ1n) is 6.38. The van der Waals surface area contributed by atoms with Crippen molar-refractivity contribution < 1.29 is 0 Å². The maximum atomic E-state index is 5.98. The van der Waals surface area contributed by atoms with Crippen LogP contribution in [0, 0.1) is 0 Å². The number of hydrogen-bond acceptors (Lipinski definition) is 2. The van der Waals surface area contributed by atoms with Crippen LogP contribution in [0.1, 0.15) is 11.4 Å². The molecule has 0 fully saturated rings. The van der Waals surface area contributed by atoms with Gasteiger partial charge in [0.05, 0.1) is 11.6 Å². The number of rotatable bonds is 4. The van der Waals surface area contributed by atoms with E-state index in [1.54, 1.807) is 6.20 Å². The molecule has 0 atom stereocenters. The number of nitrogens with zero attached hydrogens (tertiary/aromatic N) is 3. The predicted molar refractivity (Wildman–Crippen MR) is 82.5 cm³/mol. The molecule has 0 saturated heterocycles. The van der Waals surface area contributed by atoms with Gasteiger partial charge in [-0.25, -0.2) is 9.97 Å². The van der Waals surface area contributed by atoms with Gasteiger partial charge in [0, 0.05) is 18.5 Å². The molecule has 0 aliphatic heterocycles. The Labute approximate surface area is 127 Å². The average molecular weight is 306 g/mol. The van der Waals surface area contributed by atoms with E-state index in [0.29, 0.717) is 17.3 Å². The zero-order valence-electron chi connectivity index (χ0n) is 10.8. The van der Waals surface area contributed by atoms with Gasteiger partial charge >= 0.3 is 0 Å². The lowest BCUT2D eigenvalue weighted by Crippen LogP contribution is -2.06. The van der Waals surface area contributed by atoms with Gasteiger partial charge in [-0.3, -0.25) is 0 Å². The molecule has 2 heterocycles. The molecule has 0 unspecified atom stereocenters. The van der Waals surface area contributed by atoms with E-state index in [2.05, 4.69) is 26.7 Å². The highest BCUT2D eigenvalue weighted by molar-refractivity contribution is 6.31. The lowest BCUT2D eigenvalue weighted by Gasteiger charge is -2.07. The summed E-state index contributed by atoms with van der Waals surface area (Å²) >= 11 is 11.8. The molecule has 0 aliphatic rings. The molecule has 0 amide bonds. The number of benzene rings is 1. The second-order valence-electron chi connectivity index (χ2n) is 4.54. The van der Waals surface area contributed by atoms with E-state index >= 15 is 0 Å². The van der Waals surface area contributed by atoms with Gasteiger partial charge in [0.15, 0.2) is 5.65 Å². The fourth-order valence-corrected chi connectivity index (χ4v) is 2.56. The van der Waals surface area contributed by atoms with Crippen molar-refractivity contribution in [1.82, 2.24) is 14.5 Å². The summed E-state index contributed by atoms with van der Waals surface area (Å²) in [4.78, 5) is 9.00. The quantitative estimate of drug-likeness (QED) is 0.684. The van der Waals surface area contributed by atoms with Gasteiger partial charge < -0.3 is 4.57 Å². The second-order valence-corrected chi connectivity index (χ2v) is 5.35. The van der Waals surface area contributed by atoms with Crippen molar-refractivity contribution in [2.75, 3.05) is 5.88 Å². The Kier molecular flexibility index (Phi) is 3.90. The largest absolute Gasteiger partial charge is 0.308 e. The summed E-state index contributed by atoms with van der Waals surface area (Å²) in [6, 6.07) is 12.1. The Bertz CT molecular complexity index is 723. The molecule has 3 aromatic rings. The molecule has 1 aromatic carbocycles. The van der Waals surface area contributed by atoms with E-state index in [4.69, 9.17) is 23.2 Å². The van der Waals surface area contributed by atoms with Gasteiger partial charge in [-0.2, -0.15) is 0 Å². The number of halogens is 2. The summed E-state index contributed by atoms with van der Waals surface area (Å²) in [6.45, 7) is 0.734. The molecular weight excluding hydrogens is 293 g/mol. The molecule has 0 spiro atoms. The van der Waals surface area contributed by atoms with Crippen LogP contribution in [0.25, 0.3) is 11.2 Å².